The average molecular weight is 423 g/mol. The third-order valence-electron chi connectivity index (χ3n) is 6.45. The topological polar surface area (TPSA) is 87.5 Å². The van der Waals surface area contributed by atoms with Crippen molar-refractivity contribution in [3.63, 3.8) is 0 Å². The van der Waals surface area contributed by atoms with Crippen molar-refractivity contribution in [3.05, 3.63) is 33.9 Å². The zero-order valence-electron chi connectivity index (χ0n) is 17.1. The van der Waals surface area contributed by atoms with Crippen LogP contribution in [0.15, 0.2) is 18.2 Å². The third kappa shape index (κ3) is 4.83. The molecule has 0 aliphatic carbocycles. The number of halogens is 1. The molecule has 1 amide bonds. The zero-order chi connectivity index (χ0) is 19.8. The van der Waals surface area contributed by atoms with Crippen LogP contribution >= 0.6 is 12.4 Å². The summed E-state index contributed by atoms with van der Waals surface area (Å²) in [5.41, 5.74) is 1.03. The van der Waals surface area contributed by atoms with Crippen molar-refractivity contribution in [2.24, 2.45) is 11.8 Å². The molecule has 0 aromatic heterocycles. The van der Waals surface area contributed by atoms with E-state index in [2.05, 4.69) is 29.4 Å². The molecule has 3 fully saturated rings. The number of fused-ring (bicyclic) bond motifs is 2. The summed E-state index contributed by atoms with van der Waals surface area (Å²) >= 11 is 0. The van der Waals surface area contributed by atoms with Crippen LogP contribution in [0, 0.1) is 22.0 Å². The predicted octanol–water partition coefficient (Wildman–Crippen LogP) is 3.51. The second-order valence-corrected chi connectivity index (χ2v) is 9.09. The summed E-state index contributed by atoms with van der Waals surface area (Å²) in [4.78, 5) is 26.2. The Morgan fingerprint density at radius 3 is 2.34 bits per heavy atom. The molecule has 3 saturated heterocycles. The minimum absolute atomic E-state index is 0. The molecule has 160 valence electrons. The zero-order valence-corrected chi connectivity index (χ0v) is 17.9. The van der Waals surface area contributed by atoms with Crippen LogP contribution in [0.3, 0.4) is 0 Å². The summed E-state index contributed by atoms with van der Waals surface area (Å²) in [5, 5.41) is 18.4. The molecule has 1 aromatic rings. The molecule has 0 saturated carbocycles. The van der Waals surface area contributed by atoms with Gasteiger partial charge >= 0.3 is 0 Å². The number of hydrogen-bond acceptors (Lipinski definition) is 5. The van der Waals surface area contributed by atoms with Gasteiger partial charge in [0.25, 0.3) is 11.6 Å². The Hall–Kier alpha value is -1.86. The number of benzene rings is 1. The molecule has 29 heavy (non-hydrogen) atoms. The van der Waals surface area contributed by atoms with Crippen LogP contribution in [0.25, 0.3) is 0 Å². The van der Waals surface area contributed by atoms with Gasteiger partial charge < -0.3 is 15.5 Å². The Kier molecular flexibility index (Phi) is 6.69. The van der Waals surface area contributed by atoms with Crippen LogP contribution in [0.4, 0.5) is 11.4 Å². The van der Waals surface area contributed by atoms with Crippen molar-refractivity contribution < 1.29 is 9.72 Å². The molecule has 4 unspecified atom stereocenters. The Morgan fingerprint density at radius 2 is 1.76 bits per heavy atom. The maximum Gasteiger partial charge on any atom is 0.293 e. The lowest BCUT2D eigenvalue weighted by Crippen LogP contribution is -2.48. The van der Waals surface area contributed by atoms with E-state index >= 15 is 0 Å². The van der Waals surface area contributed by atoms with Gasteiger partial charge in [0.15, 0.2) is 0 Å². The number of rotatable bonds is 4. The van der Waals surface area contributed by atoms with Gasteiger partial charge in [-0.05, 0) is 56.1 Å². The van der Waals surface area contributed by atoms with Crippen molar-refractivity contribution in [1.82, 2.24) is 10.6 Å². The Labute approximate surface area is 178 Å². The van der Waals surface area contributed by atoms with Crippen LogP contribution in [-0.4, -0.2) is 42.0 Å². The lowest BCUT2D eigenvalue weighted by molar-refractivity contribution is -0.384. The molecule has 2 N–H and O–H groups in total. The molecule has 2 bridgehead atoms. The van der Waals surface area contributed by atoms with E-state index in [-0.39, 0.29) is 35.0 Å². The quantitative estimate of drug-likeness (QED) is 0.572. The Morgan fingerprint density at radius 1 is 1.14 bits per heavy atom. The lowest BCUT2D eigenvalue weighted by atomic mass is 9.91. The number of nitrogens with one attached hydrogen (secondary N) is 2. The molecular weight excluding hydrogens is 392 g/mol. The fourth-order valence-electron chi connectivity index (χ4n) is 5.38. The normalized spacial score (nSPS) is 31.1. The van der Waals surface area contributed by atoms with Gasteiger partial charge in [-0.3, -0.25) is 14.9 Å². The molecule has 0 spiro atoms. The number of nitrogens with zero attached hydrogens (tertiary/aromatic N) is 2. The van der Waals surface area contributed by atoms with E-state index in [1.54, 1.807) is 12.1 Å². The number of anilines is 1. The monoisotopic (exact) mass is 422 g/mol. The summed E-state index contributed by atoms with van der Waals surface area (Å²) in [6, 6.07) is 6.06. The van der Waals surface area contributed by atoms with E-state index in [9.17, 15) is 14.9 Å². The van der Waals surface area contributed by atoms with Gasteiger partial charge in [-0.15, -0.1) is 12.4 Å². The molecule has 8 heteroatoms. The number of carbonyl (C=O) groups is 1. The first kappa shape index (κ1) is 21.8. The summed E-state index contributed by atoms with van der Waals surface area (Å²) in [5.74, 6) is 0.796. The first-order chi connectivity index (χ1) is 13.4. The van der Waals surface area contributed by atoms with E-state index in [4.69, 9.17) is 0 Å². The first-order valence-electron chi connectivity index (χ1n) is 10.5. The van der Waals surface area contributed by atoms with Gasteiger partial charge in [0.05, 0.1) is 4.92 Å². The van der Waals surface area contributed by atoms with E-state index < -0.39 is 0 Å². The van der Waals surface area contributed by atoms with Gasteiger partial charge in [0.1, 0.15) is 5.69 Å². The maximum atomic E-state index is 12.7. The van der Waals surface area contributed by atoms with Gasteiger partial charge in [0, 0.05) is 42.8 Å². The van der Waals surface area contributed by atoms with Crippen molar-refractivity contribution in [2.75, 3.05) is 18.0 Å². The average Bonchev–Trinajstić information content (AvgIpc) is 2.98. The smallest absolute Gasteiger partial charge is 0.293 e. The molecule has 3 aliphatic rings. The second-order valence-electron chi connectivity index (χ2n) is 9.09. The number of nitro groups is 1. The maximum absolute atomic E-state index is 12.7. The molecular formula is C21H31ClN4O3. The molecule has 1 aromatic carbocycles. The van der Waals surface area contributed by atoms with E-state index in [1.807, 2.05) is 0 Å². The number of nitro benzene ring substituents is 1. The highest BCUT2D eigenvalue weighted by Gasteiger charge is 2.34. The molecule has 3 heterocycles. The van der Waals surface area contributed by atoms with E-state index in [0.29, 0.717) is 35.2 Å². The third-order valence-corrected chi connectivity index (χ3v) is 6.45. The van der Waals surface area contributed by atoms with Crippen molar-refractivity contribution in [2.45, 2.75) is 64.1 Å². The molecule has 0 radical (unpaired) electrons. The predicted molar refractivity (Wildman–Crippen MR) is 116 cm³/mol. The fraction of sp³-hybridized carbons (Fsp3) is 0.667. The molecule has 4 atom stereocenters. The fourth-order valence-corrected chi connectivity index (χ4v) is 5.38. The Bertz CT molecular complexity index is 752. The summed E-state index contributed by atoms with van der Waals surface area (Å²) in [6.07, 6.45) is 5.36. The highest BCUT2D eigenvalue weighted by Crippen LogP contribution is 2.34. The highest BCUT2D eigenvalue weighted by atomic mass is 35.5. The van der Waals surface area contributed by atoms with E-state index in [0.717, 1.165) is 32.4 Å². The van der Waals surface area contributed by atoms with Crippen LogP contribution in [-0.2, 0) is 0 Å². The van der Waals surface area contributed by atoms with Crippen molar-refractivity contribution in [3.8, 4) is 0 Å². The number of hydrogen-bond donors (Lipinski definition) is 2. The number of amides is 1. The van der Waals surface area contributed by atoms with Gasteiger partial charge in [0.2, 0.25) is 0 Å². The van der Waals surface area contributed by atoms with Crippen molar-refractivity contribution in [1.29, 1.82) is 0 Å². The van der Waals surface area contributed by atoms with Crippen LogP contribution in [0.1, 0.15) is 56.3 Å². The van der Waals surface area contributed by atoms with Crippen LogP contribution < -0.4 is 15.5 Å². The van der Waals surface area contributed by atoms with Gasteiger partial charge in [-0.25, -0.2) is 0 Å². The van der Waals surface area contributed by atoms with Crippen LogP contribution in [0.2, 0.25) is 0 Å². The number of carbonyl (C=O) groups excluding carboxylic acids is 1. The standard InChI is InChI=1S/C21H30N4O3.ClH/c1-13-7-14(2)12-24(11-13)19-6-3-15(8-20(19)25(27)28)21(26)23-18-9-16-4-5-17(10-18)22-16;/h3,6,8,13-14,16-18,22H,4-5,7,9-12H2,1-2H3,(H,23,26);1H. The van der Waals surface area contributed by atoms with Crippen molar-refractivity contribution >= 4 is 29.7 Å². The minimum atomic E-state index is -0.360. The van der Waals surface area contributed by atoms with Crippen LogP contribution in [0.5, 0.6) is 0 Å². The molecule has 7 nitrogen and oxygen atoms in total. The lowest BCUT2D eigenvalue weighted by Gasteiger charge is -2.36. The summed E-state index contributed by atoms with van der Waals surface area (Å²) < 4.78 is 0. The molecule has 3 aliphatic heterocycles. The first-order valence-corrected chi connectivity index (χ1v) is 10.5. The van der Waals surface area contributed by atoms with Gasteiger partial charge in [-0.1, -0.05) is 13.8 Å². The van der Waals surface area contributed by atoms with Gasteiger partial charge in [-0.2, -0.15) is 0 Å². The SMILES string of the molecule is CC1CC(C)CN(c2ccc(C(=O)NC3CC4CCC(C3)N4)cc2[N+](=O)[O-])C1.Cl. The Balaban J connectivity index is 0.00000240. The summed E-state index contributed by atoms with van der Waals surface area (Å²) in [7, 11) is 0. The second kappa shape index (κ2) is 8.88. The minimum Gasteiger partial charge on any atom is -0.365 e. The highest BCUT2D eigenvalue weighted by molar-refractivity contribution is 5.96. The molecule has 4 rings (SSSR count). The number of piperidine rings is 2. The van der Waals surface area contributed by atoms with E-state index in [1.165, 1.54) is 18.9 Å². The summed E-state index contributed by atoms with van der Waals surface area (Å²) in [6.45, 7) is 5.99. The largest absolute Gasteiger partial charge is 0.365 e.